The van der Waals surface area contributed by atoms with Gasteiger partial charge >= 0.3 is 0 Å². The first kappa shape index (κ1) is 22.5. The molecule has 1 aromatic carbocycles. The van der Waals surface area contributed by atoms with E-state index in [1.165, 1.54) is 23.1 Å². The Morgan fingerprint density at radius 3 is 2.00 bits per heavy atom. The molecule has 0 aliphatic carbocycles. The van der Waals surface area contributed by atoms with Crippen LogP contribution in [0.1, 0.15) is 85.1 Å². The Morgan fingerprint density at radius 1 is 1.00 bits per heavy atom. The standard InChI is InChI=1S/C25H40O/c1-9-20(19(5)17-25(6,7)8)13-16-24(18(3)4)23(10-2)21-11-14-22(26)15-12-21/h11-12,14-15,20,23-24,26H,3,5,9-10,13,16-17H2,1-2,4,6-8H3. The number of hydrogen-bond acceptors (Lipinski definition) is 1. The predicted molar refractivity (Wildman–Crippen MR) is 116 cm³/mol. The predicted octanol–water partition coefficient (Wildman–Crippen LogP) is 7.88. The van der Waals surface area contributed by atoms with Crippen molar-refractivity contribution in [3.63, 3.8) is 0 Å². The third-order valence-electron chi connectivity index (χ3n) is 5.53. The van der Waals surface area contributed by atoms with E-state index < -0.39 is 0 Å². The SMILES string of the molecule is C=C(CC(C)(C)C)C(CC)CCC(C(=C)C)C(CC)c1ccc(O)cc1. The molecule has 0 bridgehead atoms. The molecule has 1 nitrogen and oxygen atoms in total. The minimum absolute atomic E-state index is 0.302. The summed E-state index contributed by atoms with van der Waals surface area (Å²) < 4.78 is 0. The van der Waals surface area contributed by atoms with Crippen molar-refractivity contribution in [2.24, 2.45) is 17.3 Å². The maximum atomic E-state index is 9.59. The molecule has 1 N–H and O–H groups in total. The summed E-state index contributed by atoms with van der Waals surface area (Å²) in [4.78, 5) is 0. The number of phenols is 1. The van der Waals surface area contributed by atoms with Crippen molar-refractivity contribution in [2.75, 3.05) is 0 Å². The lowest BCUT2D eigenvalue weighted by Gasteiger charge is -2.30. The molecule has 3 atom stereocenters. The van der Waals surface area contributed by atoms with E-state index in [0.717, 1.165) is 25.7 Å². The Morgan fingerprint density at radius 2 is 1.58 bits per heavy atom. The second-order valence-electron chi connectivity index (χ2n) is 9.14. The van der Waals surface area contributed by atoms with E-state index in [4.69, 9.17) is 0 Å². The fourth-order valence-corrected chi connectivity index (χ4v) is 4.17. The number of aromatic hydroxyl groups is 1. The Labute approximate surface area is 162 Å². The van der Waals surface area contributed by atoms with Crippen LogP contribution in [0.25, 0.3) is 0 Å². The third-order valence-corrected chi connectivity index (χ3v) is 5.53. The molecule has 0 aliphatic heterocycles. The van der Waals surface area contributed by atoms with Gasteiger partial charge in [-0.05, 0) is 79.9 Å². The van der Waals surface area contributed by atoms with E-state index in [2.05, 4.69) is 66.8 Å². The zero-order valence-electron chi connectivity index (χ0n) is 17.9. The highest BCUT2D eigenvalue weighted by molar-refractivity contribution is 5.30. The first-order valence-electron chi connectivity index (χ1n) is 10.2. The van der Waals surface area contributed by atoms with Gasteiger partial charge in [-0.25, -0.2) is 0 Å². The lowest BCUT2D eigenvalue weighted by Crippen LogP contribution is -2.17. The summed E-state index contributed by atoms with van der Waals surface area (Å²) in [7, 11) is 0. The van der Waals surface area contributed by atoms with Gasteiger partial charge in [0.25, 0.3) is 0 Å². The number of rotatable bonds is 10. The molecule has 0 aliphatic rings. The van der Waals surface area contributed by atoms with Crippen molar-refractivity contribution in [1.29, 1.82) is 0 Å². The molecule has 146 valence electrons. The Balaban J connectivity index is 2.87. The largest absolute Gasteiger partial charge is 0.508 e. The summed E-state index contributed by atoms with van der Waals surface area (Å²) in [5.41, 5.74) is 4.27. The minimum Gasteiger partial charge on any atom is -0.508 e. The van der Waals surface area contributed by atoms with Gasteiger partial charge in [-0.2, -0.15) is 0 Å². The number of benzene rings is 1. The molecule has 26 heavy (non-hydrogen) atoms. The first-order chi connectivity index (χ1) is 12.1. The molecule has 0 saturated heterocycles. The Hall–Kier alpha value is -1.50. The van der Waals surface area contributed by atoms with Gasteiger partial charge in [-0.15, -0.1) is 0 Å². The number of phenolic OH excluding ortho intramolecular Hbond substituents is 1. The van der Waals surface area contributed by atoms with Crippen molar-refractivity contribution in [3.05, 3.63) is 54.1 Å². The summed E-state index contributed by atoms with van der Waals surface area (Å²) in [5, 5.41) is 9.59. The topological polar surface area (TPSA) is 20.2 Å². The van der Waals surface area contributed by atoms with Crippen LogP contribution in [0, 0.1) is 17.3 Å². The smallest absolute Gasteiger partial charge is 0.115 e. The van der Waals surface area contributed by atoms with E-state index >= 15 is 0 Å². The highest BCUT2D eigenvalue weighted by Gasteiger charge is 2.25. The lowest BCUT2D eigenvalue weighted by atomic mass is 9.75. The fraction of sp³-hybridized carbons (Fsp3) is 0.600. The van der Waals surface area contributed by atoms with Gasteiger partial charge in [-0.3, -0.25) is 0 Å². The average molecular weight is 357 g/mol. The molecule has 0 fully saturated rings. The normalized spacial score (nSPS) is 15.3. The minimum atomic E-state index is 0.302. The molecule has 3 unspecified atom stereocenters. The second-order valence-corrected chi connectivity index (χ2v) is 9.14. The summed E-state index contributed by atoms with van der Waals surface area (Å²) in [6.07, 6.45) is 5.67. The highest BCUT2D eigenvalue weighted by atomic mass is 16.3. The molecule has 1 aromatic rings. The maximum Gasteiger partial charge on any atom is 0.115 e. The number of hydrogen-bond donors (Lipinski definition) is 1. The second kappa shape index (κ2) is 10.00. The van der Waals surface area contributed by atoms with Gasteiger partial charge < -0.3 is 5.11 Å². The van der Waals surface area contributed by atoms with Crippen LogP contribution in [0.2, 0.25) is 0 Å². The van der Waals surface area contributed by atoms with Gasteiger partial charge in [0.2, 0.25) is 0 Å². The Kier molecular flexibility index (Phi) is 8.67. The van der Waals surface area contributed by atoms with Crippen LogP contribution in [0.15, 0.2) is 48.6 Å². The molecule has 0 spiro atoms. The highest BCUT2D eigenvalue weighted by Crippen LogP contribution is 2.39. The van der Waals surface area contributed by atoms with Crippen molar-refractivity contribution < 1.29 is 5.11 Å². The average Bonchev–Trinajstić information content (AvgIpc) is 2.53. The Bertz CT molecular complexity index is 573. The van der Waals surface area contributed by atoms with Crippen LogP contribution in [-0.4, -0.2) is 5.11 Å². The summed E-state index contributed by atoms with van der Waals surface area (Å²) >= 11 is 0. The summed E-state index contributed by atoms with van der Waals surface area (Å²) in [6.45, 7) is 22.3. The van der Waals surface area contributed by atoms with Gasteiger partial charge in [0.15, 0.2) is 0 Å². The zero-order chi connectivity index (χ0) is 19.9. The molecule has 0 radical (unpaired) electrons. The van der Waals surface area contributed by atoms with Gasteiger partial charge in [-0.1, -0.05) is 71.1 Å². The van der Waals surface area contributed by atoms with E-state index in [0.29, 0.717) is 28.9 Å². The van der Waals surface area contributed by atoms with Crippen LogP contribution >= 0.6 is 0 Å². The van der Waals surface area contributed by atoms with Gasteiger partial charge in [0.05, 0.1) is 0 Å². The molecule has 1 heteroatoms. The molecule has 0 saturated carbocycles. The van der Waals surface area contributed by atoms with Crippen LogP contribution in [0.5, 0.6) is 5.75 Å². The number of allylic oxidation sites excluding steroid dienone is 2. The molecule has 0 aromatic heterocycles. The van der Waals surface area contributed by atoms with E-state index in [-0.39, 0.29) is 0 Å². The summed E-state index contributed by atoms with van der Waals surface area (Å²) in [6, 6.07) is 7.73. The first-order valence-corrected chi connectivity index (χ1v) is 10.2. The van der Waals surface area contributed by atoms with Crippen LogP contribution in [-0.2, 0) is 0 Å². The van der Waals surface area contributed by atoms with Crippen molar-refractivity contribution >= 4 is 0 Å². The molecule has 1 rings (SSSR count). The van der Waals surface area contributed by atoms with Gasteiger partial charge in [0, 0.05) is 0 Å². The zero-order valence-corrected chi connectivity index (χ0v) is 17.9. The van der Waals surface area contributed by atoms with Crippen LogP contribution in [0.4, 0.5) is 0 Å². The van der Waals surface area contributed by atoms with Gasteiger partial charge in [0.1, 0.15) is 5.75 Å². The van der Waals surface area contributed by atoms with Crippen molar-refractivity contribution in [3.8, 4) is 5.75 Å². The quantitative estimate of drug-likeness (QED) is 0.423. The monoisotopic (exact) mass is 356 g/mol. The van der Waals surface area contributed by atoms with E-state index in [1.807, 2.05) is 0 Å². The van der Waals surface area contributed by atoms with Crippen LogP contribution < -0.4 is 0 Å². The van der Waals surface area contributed by atoms with Crippen LogP contribution in [0.3, 0.4) is 0 Å². The third kappa shape index (κ3) is 7.02. The fourth-order valence-electron chi connectivity index (χ4n) is 4.17. The van der Waals surface area contributed by atoms with E-state index in [9.17, 15) is 5.11 Å². The summed E-state index contributed by atoms with van der Waals surface area (Å²) in [5.74, 6) is 1.86. The lowest BCUT2D eigenvalue weighted by molar-refractivity contribution is 0.354. The molecule has 0 heterocycles. The van der Waals surface area contributed by atoms with Crippen molar-refractivity contribution in [2.45, 2.75) is 79.6 Å². The molecular formula is C25H40O. The molecular weight excluding hydrogens is 316 g/mol. The van der Waals surface area contributed by atoms with Crippen molar-refractivity contribution in [1.82, 2.24) is 0 Å². The maximum absolute atomic E-state index is 9.59. The van der Waals surface area contributed by atoms with E-state index in [1.54, 1.807) is 12.1 Å². The molecule has 0 amide bonds.